The molecule has 0 aliphatic carbocycles. The Kier molecular flexibility index (Phi) is 6.41. The fraction of sp³-hybridized carbons (Fsp3) is 0.211. The minimum atomic E-state index is -3.91. The molecule has 2 aromatic carbocycles. The highest BCUT2D eigenvalue weighted by Gasteiger charge is 2.27. The maximum Gasteiger partial charge on any atom is 0.340 e. The van der Waals surface area contributed by atoms with Crippen LogP contribution in [0.5, 0.6) is 5.75 Å². The molecule has 2 aromatic rings. The maximum absolute atomic E-state index is 13.1. The molecule has 0 saturated heterocycles. The number of methoxy groups -OCH3 is 1. The number of sulfonamides is 1. The van der Waals surface area contributed by atoms with Crippen LogP contribution >= 0.6 is 0 Å². The molecule has 0 N–H and O–H groups in total. The minimum absolute atomic E-state index is 0.00352. The highest BCUT2D eigenvalue weighted by atomic mass is 32.2. The summed E-state index contributed by atoms with van der Waals surface area (Å²) in [5.41, 5.74) is 0.388. The lowest BCUT2D eigenvalue weighted by Crippen LogP contribution is -2.32. The topological polar surface area (TPSA) is 72.9 Å². The minimum Gasteiger partial charge on any atom is -0.494 e. The zero-order valence-electron chi connectivity index (χ0n) is 14.7. The van der Waals surface area contributed by atoms with Crippen LogP contribution in [-0.2, 0) is 14.8 Å². The van der Waals surface area contributed by atoms with Gasteiger partial charge in [0.15, 0.2) is 0 Å². The number of anilines is 1. The predicted molar refractivity (Wildman–Crippen MR) is 100 cm³/mol. The predicted octanol–water partition coefficient (Wildman–Crippen LogP) is 3.25. The van der Waals surface area contributed by atoms with Crippen molar-refractivity contribution in [2.45, 2.75) is 11.8 Å². The molecule has 0 aromatic heterocycles. The van der Waals surface area contributed by atoms with E-state index in [4.69, 9.17) is 9.47 Å². The fourth-order valence-corrected chi connectivity index (χ4v) is 3.87. The van der Waals surface area contributed by atoms with Gasteiger partial charge in [0.2, 0.25) is 0 Å². The molecule has 0 aliphatic heterocycles. The summed E-state index contributed by atoms with van der Waals surface area (Å²) >= 11 is 0. The van der Waals surface area contributed by atoms with E-state index in [1.165, 1.54) is 31.4 Å². The van der Waals surface area contributed by atoms with Gasteiger partial charge in [0.05, 0.1) is 36.4 Å². The molecule has 0 aliphatic rings. The van der Waals surface area contributed by atoms with E-state index in [2.05, 4.69) is 6.58 Å². The smallest absolute Gasteiger partial charge is 0.340 e. The highest BCUT2D eigenvalue weighted by molar-refractivity contribution is 7.92. The van der Waals surface area contributed by atoms with Crippen LogP contribution in [0.25, 0.3) is 0 Å². The third-order valence-electron chi connectivity index (χ3n) is 3.60. The SMILES string of the molecule is C=CCN(c1ccccc1C(=O)OC)S(=O)(=O)c1ccc(OCC)cc1. The quantitative estimate of drug-likeness (QED) is 0.523. The van der Waals surface area contributed by atoms with Gasteiger partial charge in [-0.05, 0) is 43.3 Å². The van der Waals surface area contributed by atoms with Crippen LogP contribution in [-0.4, -0.2) is 34.6 Å². The van der Waals surface area contributed by atoms with Gasteiger partial charge in [-0.2, -0.15) is 0 Å². The Morgan fingerprint density at radius 2 is 1.81 bits per heavy atom. The second-order valence-electron chi connectivity index (χ2n) is 5.24. The largest absolute Gasteiger partial charge is 0.494 e. The number of benzene rings is 2. The summed E-state index contributed by atoms with van der Waals surface area (Å²) in [5.74, 6) is -0.0340. The Morgan fingerprint density at radius 1 is 1.15 bits per heavy atom. The van der Waals surface area contributed by atoms with Crippen molar-refractivity contribution in [2.75, 3.05) is 24.6 Å². The Labute approximate surface area is 153 Å². The lowest BCUT2D eigenvalue weighted by Gasteiger charge is -2.25. The van der Waals surface area contributed by atoms with Crippen molar-refractivity contribution < 1.29 is 22.7 Å². The number of hydrogen-bond acceptors (Lipinski definition) is 5. The molecule has 0 fully saturated rings. The van der Waals surface area contributed by atoms with Gasteiger partial charge < -0.3 is 9.47 Å². The number of hydrogen-bond donors (Lipinski definition) is 0. The van der Waals surface area contributed by atoms with Crippen molar-refractivity contribution in [1.82, 2.24) is 0 Å². The average molecular weight is 375 g/mol. The van der Waals surface area contributed by atoms with Crippen molar-refractivity contribution >= 4 is 21.7 Å². The molecule has 0 amide bonds. The third kappa shape index (κ3) is 4.05. The molecule has 7 heteroatoms. The summed E-state index contributed by atoms with van der Waals surface area (Å²) in [4.78, 5) is 12.1. The molecule has 0 heterocycles. The molecule has 0 atom stereocenters. The summed E-state index contributed by atoms with van der Waals surface area (Å²) in [5, 5.41) is 0. The van der Waals surface area contributed by atoms with E-state index < -0.39 is 16.0 Å². The van der Waals surface area contributed by atoms with E-state index in [0.29, 0.717) is 12.4 Å². The number of para-hydroxylation sites is 1. The van der Waals surface area contributed by atoms with Crippen LogP contribution in [0.1, 0.15) is 17.3 Å². The van der Waals surface area contributed by atoms with Gasteiger partial charge in [-0.15, -0.1) is 6.58 Å². The number of nitrogens with zero attached hydrogens (tertiary/aromatic N) is 1. The van der Waals surface area contributed by atoms with E-state index in [-0.39, 0.29) is 22.7 Å². The van der Waals surface area contributed by atoms with Crippen LogP contribution in [0.3, 0.4) is 0 Å². The lowest BCUT2D eigenvalue weighted by molar-refractivity contribution is 0.0601. The lowest BCUT2D eigenvalue weighted by atomic mass is 10.2. The summed E-state index contributed by atoms with van der Waals surface area (Å²) in [6.07, 6.45) is 1.46. The summed E-state index contributed by atoms with van der Waals surface area (Å²) in [6, 6.07) is 12.5. The van der Waals surface area contributed by atoms with Crippen LogP contribution in [0.2, 0.25) is 0 Å². The van der Waals surface area contributed by atoms with E-state index in [9.17, 15) is 13.2 Å². The van der Waals surface area contributed by atoms with E-state index in [0.717, 1.165) is 4.31 Å². The third-order valence-corrected chi connectivity index (χ3v) is 5.39. The Bertz CT molecular complexity index is 875. The van der Waals surface area contributed by atoms with Crippen molar-refractivity contribution in [3.05, 3.63) is 66.7 Å². The first-order valence-electron chi connectivity index (χ1n) is 7.99. The molecule has 0 radical (unpaired) electrons. The van der Waals surface area contributed by atoms with Crippen molar-refractivity contribution in [2.24, 2.45) is 0 Å². The first-order valence-corrected chi connectivity index (χ1v) is 9.43. The number of esters is 1. The van der Waals surface area contributed by atoms with Gasteiger partial charge >= 0.3 is 5.97 Å². The monoisotopic (exact) mass is 375 g/mol. The zero-order valence-corrected chi connectivity index (χ0v) is 15.5. The second-order valence-corrected chi connectivity index (χ2v) is 7.10. The molecular weight excluding hydrogens is 354 g/mol. The van der Waals surface area contributed by atoms with Gasteiger partial charge in [-0.1, -0.05) is 18.2 Å². The molecule has 0 bridgehead atoms. The Hall–Kier alpha value is -2.80. The average Bonchev–Trinajstić information content (AvgIpc) is 2.66. The van der Waals surface area contributed by atoms with Crippen molar-refractivity contribution in [1.29, 1.82) is 0 Å². The normalized spacial score (nSPS) is 10.8. The van der Waals surface area contributed by atoms with Crippen molar-refractivity contribution in [3.63, 3.8) is 0 Å². The number of ether oxygens (including phenoxy) is 2. The van der Waals surface area contributed by atoms with E-state index in [1.54, 1.807) is 30.3 Å². The summed E-state index contributed by atoms with van der Waals surface area (Å²) in [7, 11) is -2.67. The standard InChI is InChI=1S/C19H21NO5S/c1-4-14-20(18-9-7-6-8-17(18)19(21)24-3)26(22,23)16-12-10-15(11-13-16)25-5-2/h4,6-13H,1,5,14H2,2-3H3. The van der Waals surface area contributed by atoms with Gasteiger partial charge in [0, 0.05) is 0 Å². The molecule has 0 spiro atoms. The first kappa shape index (κ1) is 19.5. The van der Waals surface area contributed by atoms with E-state index >= 15 is 0 Å². The molecular formula is C19H21NO5S. The van der Waals surface area contributed by atoms with E-state index in [1.807, 2.05) is 6.92 Å². The van der Waals surface area contributed by atoms with Gasteiger partial charge in [0.25, 0.3) is 10.0 Å². The van der Waals surface area contributed by atoms with Crippen LogP contribution in [0.4, 0.5) is 5.69 Å². The number of rotatable bonds is 8. The highest BCUT2D eigenvalue weighted by Crippen LogP contribution is 2.28. The van der Waals surface area contributed by atoms with Gasteiger partial charge in [0.1, 0.15) is 5.75 Å². The Morgan fingerprint density at radius 3 is 2.38 bits per heavy atom. The summed E-state index contributed by atoms with van der Waals surface area (Å²) < 4.78 is 37.5. The van der Waals surface area contributed by atoms with Crippen LogP contribution in [0, 0.1) is 0 Å². The maximum atomic E-state index is 13.1. The number of carbonyl (C=O) groups is 1. The molecule has 26 heavy (non-hydrogen) atoms. The number of carbonyl (C=O) groups excluding carboxylic acids is 1. The fourth-order valence-electron chi connectivity index (χ4n) is 2.42. The van der Waals surface area contributed by atoms with Crippen LogP contribution < -0.4 is 9.04 Å². The van der Waals surface area contributed by atoms with Gasteiger partial charge in [-0.3, -0.25) is 4.31 Å². The molecule has 138 valence electrons. The van der Waals surface area contributed by atoms with Crippen molar-refractivity contribution in [3.8, 4) is 5.75 Å². The molecule has 0 unspecified atom stereocenters. The van der Waals surface area contributed by atoms with Gasteiger partial charge in [-0.25, -0.2) is 13.2 Å². The summed E-state index contributed by atoms with van der Waals surface area (Å²) in [6.45, 7) is 5.96. The van der Waals surface area contributed by atoms with Crippen LogP contribution in [0.15, 0.2) is 66.1 Å². The molecule has 2 rings (SSSR count). The second kappa shape index (κ2) is 8.53. The molecule has 6 nitrogen and oxygen atoms in total. The molecule has 0 saturated carbocycles. The Balaban J connectivity index is 2.52. The first-order chi connectivity index (χ1) is 12.5. The zero-order chi connectivity index (χ0) is 19.2.